The lowest BCUT2D eigenvalue weighted by molar-refractivity contribution is -0.126. The quantitative estimate of drug-likeness (QED) is 0.186. The molecule has 0 aromatic heterocycles. The second-order valence-corrected chi connectivity index (χ2v) is 11.1. The van der Waals surface area contributed by atoms with E-state index in [1.165, 1.54) is 0 Å². The number of hydrogen-bond acceptors (Lipinski definition) is 7. The van der Waals surface area contributed by atoms with Gasteiger partial charge in [-0.1, -0.05) is 57.5 Å². The van der Waals surface area contributed by atoms with Crippen molar-refractivity contribution in [2.45, 2.75) is 57.8 Å². The Morgan fingerprint density at radius 2 is 1.69 bits per heavy atom. The Morgan fingerprint density at radius 1 is 1.09 bits per heavy atom. The van der Waals surface area contributed by atoms with Crippen molar-refractivity contribution in [1.82, 2.24) is 9.31 Å². The largest absolute Gasteiger partial charge is 0.373 e. The van der Waals surface area contributed by atoms with E-state index in [4.69, 9.17) is 0 Å². The van der Waals surface area contributed by atoms with Gasteiger partial charge in [-0.2, -0.15) is 5.10 Å². The van der Waals surface area contributed by atoms with Gasteiger partial charge in [-0.25, -0.2) is 17.7 Å². The zero-order valence-corrected chi connectivity index (χ0v) is 19.5. The van der Waals surface area contributed by atoms with Crippen molar-refractivity contribution in [3.05, 3.63) is 35.9 Å². The van der Waals surface area contributed by atoms with Crippen LogP contribution in [0.4, 0.5) is 0 Å². The SMILES string of the molecule is CC(C)(C)C(=O)CN(C=NN(C=O)CC(=O)c1ccccc1)S(=O)(=O)C1(O)CCCCC1. The molecule has 0 aliphatic heterocycles. The molecule has 10 heteroatoms. The van der Waals surface area contributed by atoms with E-state index in [0.717, 1.165) is 17.8 Å². The van der Waals surface area contributed by atoms with E-state index in [1.54, 1.807) is 51.1 Å². The maximum atomic E-state index is 13.3. The average molecular weight is 466 g/mol. The summed E-state index contributed by atoms with van der Waals surface area (Å²) < 4.78 is 27.2. The van der Waals surface area contributed by atoms with Crippen molar-refractivity contribution in [3.63, 3.8) is 0 Å². The predicted octanol–water partition coefficient (Wildman–Crippen LogP) is 2.17. The molecule has 1 aromatic rings. The minimum absolute atomic E-state index is 0.0489. The third-order valence-electron chi connectivity index (χ3n) is 5.41. The number of sulfonamides is 1. The molecule has 1 fully saturated rings. The van der Waals surface area contributed by atoms with Crippen LogP contribution in [0.3, 0.4) is 0 Å². The summed E-state index contributed by atoms with van der Waals surface area (Å²) in [5.74, 6) is -0.772. The molecule has 0 bridgehead atoms. The second-order valence-electron chi connectivity index (χ2n) is 8.95. The minimum Gasteiger partial charge on any atom is -0.373 e. The first-order valence-electron chi connectivity index (χ1n) is 10.5. The molecule has 32 heavy (non-hydrogen) atoms. The van der Waals surface area contributed by atoms with E-state index in [0.29, 0.717) is 29.1 Å². The van der Waals surface area contributed by atoms with Crippen molar-refractivity contribution in [2.75, 3.05) is 13.1 Å². The second kappa shape index (κ2) is 10.4. The van der Waals surface area contributed by atoms with Crippen LogP contribution < -0.4 is 0 Å². The molecular weight excluding hydrogens is 434 g/mol. The molecule has 0 spiro atoms. The van der Waals surface area contributed by atoms with Gasteiger partial charge in [0.2, 0.25) is 6.41 Å². The number of hydrazone groups is 1. The van der Waals surface area contributed by atoms with E-state index >= 15 is 0 Å². The highest BCUT2D eigenvalue weighted by molar-refractivity contribution is 7.90. The van der Waals surface area contributed by atoms with E-state index < -0.39 is 33.5 Å². The van der Waals surface area contributed by atoms with E-state index in [2.05, 4.69) is 5.10 Å². The maximum absolute atomic E-state index is 13.3. The Balaban J connectivity index is 2.29. The highest BCUT2D eigenvalue weighted by atomic mass is 32.2. The van der Waals surface area contributed by atoms with Crippen molar-refractivity contribution in [2.24, 2.45) is 10.5 Å². The Kier molecular flexibility index (Phi) is 8.30. The zero-order valence-electron chi connectivity index (χ0n) is 18.7. The molecular formula is C22H31N3O6S. The highest BCUT2D eigenvalue weighted by Gasteiger charge is 2.46. The van der Waals surface area contributed by atoms with Gasteiger partial charge < -0.3 is 5.11 Å². The number of benzene rings is 1. The summed E-state index contributed by atoms with van der Waals surface area (Å²) in [7, 11) is -4.37. The lowest BCUT2D eigenvalue weighted by Crippen LogP contribution is -2.51. The number of amides is 1. The molecule has 1 N–H and O–H groups in total. The van der Waals surface area contributed by atoms with Gasteiger partial charge >= 0.3 is 0 Å². The summed E-state index contributed by atoms with van der Waals surface area (Å²) in [6.45, 7) is 4.01. The fraction of sp³-hybridized carbons (Fsp3) is 0.545. The molecule has 0 heterocycles. The minimum atomic E-state index is -4.37. The summed E-state index contributed by atoms with van der Waals surface area (Å²) in [4.78, 5) is 34.4. The van der Waals surface area contributed by atoms with Gasteiger partial charge in [-0.15, -0.1) is 0 Å². The van der Waals surface area contributed by atoms with Crippen molar-refractivity contribution >= 4 is 34.3 Å². The first-order valence-corrected chi connectivity index (χ1v) is 12.0. The molecule has 0 saturated heterocycles. The predicted molar refractivity (Wildman–Crippen MR) is 120 cm³/mol. The third-order valence-corrected chi connectivity index (χ3v) is 7.62. The van der Waals surface area contributed by atoms with Crippen LogP contribution in [0.25, 0.3) is 0 Å². The summed E-state index contributed by atoms with van der Waals surface area (Å²) in [5, 5.41) is 15.5. The molecule has 0 unspecified atom stereocenters. The lowest BCUT2D eigenvalue weighted by atomic mass is 9.91. The highest BCUT2D eigenvalue weighted by Crippen LogP contribution is 2.34. The molecule has 2 rings (SSSR count). The Bertz CT molecular complexity index is 948. The molecule has 1 saturated carbocycles. The summed E-state index contributed by atoms with van der Waals surface area (Å²) in [6, 6.07) is 8.29. The van der Waals surface area contributed by atoms with Crippen molar-refractivity contribution in [1.29, 1.82) is 0 Å². The summed E-state index contributed by atoms with van der Waals surface area (Å²) in [6.07, 6.45) is 3.12. The summed E-state index contributed by atoms with van der Waals surface area (Å²) in [5.41, 5.74) is -0.455. The van der Waals surface area contributed by atoms with Gasteiger partial charge in [0.05, 0.1) is 6.54 Å². The topological polar surface area (TPSA) is 124 Å². The molecule has 1 amide bonds. The number of Topliss-reactive ketones (excluding diaryl/α,β-unsaturated/α-hetero) is 2. The van der Waals surface area contributed by atoms with Gasteiger partial charge in [0.25, 0.3) is 10.0 Å². The van der Waals surface area contributed by atoms with Gasteiger partial charge in [0.15, 0.2) is 16.5 Å². The number of hydrogen-bond donors (Lipinski definition) is 1. The van der Waals surface area contributed by atoms with Crippen LogP contribution in [0.1, 0.15) is 63.2 Å². The normalized spacial score (nSPS) is 16.5. The first kappa shape index (κ1) is 25.7. The van der Waals surface area contributed by atoms with Crippen molar-refractivity contribution < 1.29 is 27.9 Å². The standard InChI is InChI=1S/C22H31N3O6S/c1-21(2,3)20(28)15-25(32(30,31)22(29)12-8-5-9-13-22)16-23-24(17-26)14-19(27)18-10-6-4-7-11-18/h4,6-7,10-11,16-17,29H,5,8-9,12-15H2,1-3H3. The van der Waals surface area contributed by atoms with Crippen LogP contribution in [0.5, 0.6) is 0 Å². The smallest absolute Gasteiger partial charge is 0.266 e. The number of ketones is 2. The fourth-order valence-corrected chi connectivity index (χ4v) is 4.93. The number of carbonyl (C=O) groups is 3. The Morgan fingerprint density at radius 3 is 2.22 bits per heavy atom. The van der Waals surface area contributed by atoms with Crippen LogP contribution >= 0.6 is 0 Å². The Labute approximate surface area is 189 Å². The average Bonchev–Trinajstić information content (AvgIpc) is 2.75. The van der Waals surface area contributed by atoms with Crippen LogP contribution in [0, 0.1) is 5.41 Å². The fourth-order valence-electron chi connectivity index (χ4n) is 3.24. The first-order chi connectivity index (χ1) is 14.9. The molecule has 1 aliphatic carbocycles. The van der Waals surface area contributed by atoms with Crippen LogP contribution in [-0.4, -0.2) is 65.2 Å². The van der Waals surface area contributed by atoms with Gasteiger partial charge in [-0.3, -0.25) is 14.4 Å². The number of carbonyl (C=O) groups excluding carboxylic acids is 3. The monoisotopic (exact) mass is 465 g/mol. The maximum Gasteiger partial charge on any atom is 0.266 e. The van der Waals surface area contributed by atoms with Crippen LogP contribution in [0.2, 0.25) is 0 Å². The molecule has 9 nitrogen and oxygen atoms in total. The van der Waals surface area contributed by atoms with E-state index in [-0.39, 0.29) is 24.4 Å². The van der Waals surface area contributed by atoms with Crippen LogP contribution in [-0.2, 0) is 19.6 Å². The summed E-state index contributed by atoms with van der Waals surface area (Å²) >= 11 is 0. The molecule has 0 radical (unpaired) electrons. The molecule has 0 atom stereocenters. The lowest BCUT2D eigenvalue weighted by Gasteiger charge is -2.36. The number of aliphatic hydroxyl groups is 1. The van der Waals surface area contributed by atoms with E-state index in [9.17, 15) is 27.9 Å². The van der Waals surface area contributed by atoms with E-state index in [1.807, 2.05) is 0 Å². The van der Waals surface area contributed by atoms with Gasteiger partial charge in [-0.05, 0) is 25.7 Å². The third kappa shape index (κ3) is 6.23. The van der Waals surface area contributed by atoms with Crippen LogP contribution in [0.15, 0.2) is 35.4 Å². The zero-order chi connectivity index (χ0) is 24.0. The molecule has 1 aliphatic rings. The van der Waals surface area contributed by atoms with Gasteiger partial charge in [0.1, 0.15) is 12.9 Å². The Hall–Kier alpha value is -2.59. The number of rotatable bonds is 10. The molecule has 1 aromatic carbocycles. The van der Waals surface area contributed by atoms with Gasteiger partial charge in [0, 0.05) is 11.0 Å². The van der Waals surface area contributed by atoms with Crippen molar-refractivity contribution in [3.8, 4) is 0 Å². The molecule has 176 valence electrons. The number of nitrogens with zero attached hydrogens (tertiary/aromatic N) is 3.